The maximum atomic E-state index is 12.3. The average molecular weight is 727 g/mol. The highest BCUT2D eigenvalue weighted by Gasteiger charge is 2.34. The maximum Gasteiger partial charge on any atom is 0.407 e. The first-order valence-electron chi connectivity index (χ1n) is 18.3. The van der Waals surface area contributed by atoms with Crippen molar-refractivity contribution in [3.8, 4) is 22.3 Å². The van der Waals surface area contributed by atoms with Crippen molar-refractivity contribution in [2.75, 3.05) is 13.2 Å². The number of allylic oxidation sites excluding steroid dienone is 2. The van der Waals surface area contributed by atoms with Crippen LogP contribution in [0.15, 0.2) is 121 Å². The third-order valence-corrected chi connectivity index (χ3v) is 10.8. The van der Waals surface area contributed by atoms with Crippen LogP contribution < -0.4 is 10.6 Å². The minimum Gasteiger partial charge on any atom is -0.481 e. The third-order valence-electron chi connectivity index (χ3n) is 10.8. The van der Waals surface area contributed by atoms with Crippen molar-refractivity contribution in [3.63, 3.8) is 0 Å². The number of aliphatic carboxylic acids is 2. The van der Waals surface area contributed by atoms with E-state index in [0.717, 1.165) is 22.3 Å². The Morgan fingerprint density at radius 3 is 1.09 bits per heavy atom. The minimum atomic E-state index is -0.900. The Labute approximate surface area is 313 Å². The van der Waals surface area contributed by atoms with Crippen LogP contribution in [0.1, 0.15) is 59.8 Å². The summed E-state index contributed by atoms with van der Waals surface area (Å²) in [6.07, 6.45) is 8.19. The lowest BCUT2D eigenvalue weighted by Gasteiger charge is -2.26. The first-order chi connectivity index (χ1) is 26.3. The van der Waals surface area contributed by atoms with Gasteiger partial charge in [-0.2, -0.15) is 0 Å². The van der Waals surface area contributed by atoms with E-state index in [4.69, 9.17) is 9.47 Å². The van der Waals surface area contributed by atoms with Gasteiger partial charge in [0.2, 0.25) is 0 Å². The van der Waals surface area contributed by atoms with Gasteiger partial charge in [0, 0.05) is 23.9 Å². The molecule has 10 nitrogen and oxygen atoms in total. The molecule has 0 aliphatic heterocycles. The largest absolute Gasteiger partial charge is 0.481 e. The van der Waals surface area contributed by atoms with Crippen LogP contribution in [-0.2, 0) is 19.1 Å². The topological polar surface area (TPSA) is 151 Å². The van der Waals surface area contributed by atoms with Crippen molar-refractivity contribution >= 4 is 24.1 Å². The van der Waals surface area contributed by atoms with Crippen molar-refractivity contribution in [3.05, 3.63) is 144 Å². The molecular formula is C44H42N2O8. The molecule has 0 saturated carbocycles. The summed E-state index contributed by atoms with van der Waals surface area (Å²) in [4.78, 5) is 47.3. The maximum absolute atomic E-state index is 12.3. The number of rotatable bonds is 8. The average Bonchev–Trinajstić information content (AvgIpc) is 3.69. The lowest BCUT2D eigenvalue weighted by atomic mass is 9.89. The van der Waals surface area contributed by atoms with Crippen molar-refractivity contribution in [1.29, 1.82) is 0 Å². The zero-order chi connectivity index (χ0) is 37.6. The molecule has 0 saturated heterocycles. The molecular weight excluding hydrogens is 684 g/mol. The van der Waals surface area contributed by atoms with Crippen LogP contribution in [0.25, 0.3) is 22.3 Å². The third kappa shape index (κ3) is 7.64. The number of carboxylic acid groups (broad SMARTS) is 2. The second-order valence-electron chi connectivity index (χ2n) is 13.9. The summed E-state index contributed by atoms with van der Waals surface area (Å²) >= 11 is 0. The van der Waals surface area contributed by atoms with Crippen LogP contribution >= 0.6 is 0 Å². The number of benzene rings is 4. The van der Waals surface area contributed by atoms with E-state index in [2.05, 4.69) is 59.2 Å². The fourth-order valence-electron chi connectivity index (χ4n) is 8.08. The molecule has 8 rings (SSSR count). The number of hydrogen-bond acceptors (Lipinski definition) is 6. The number of ether oxygens (including phenoxy) is 2. The summed E-state index contributed by atoms with van der Waals surface area (Å²) in [5, 5.41) is 24.1. The first kappa shape index (κ1) is 36.2. The fraction of sp³-hybridized carbons (Fsp3) is 0.273. The zero-order valence-corrected chi connectivity index (χ0v) is 29.6. The second-order valence-corrected chi connectivity index (χ2v) is 13.9. The van der Waals surface area contributed by atoms with Gasteiger partial charge in [-0.05, 0) is 70.2 Å². The molecule has 2 amide bonds. The Morgan fingerprint density at radius 1 is 0.481 bits per heavy atom. The van der Waals surface area contributed by atoms with Crippen LogP contribution in [0.4, 0.5) is 9.59 Å². The van der Waals surface area contributed by atoms with Crippen LogP contribution in [0.2, 0.25) is 0 Å². The Balaban J connectivity index is 0.000000167. The molecule has 10 heteroatoms. The second kappa shape index (κ2) is 16.2. The molecule has 0 fully saturated rings. The monoisotopic (exact) mass is 726 g/mol. The fourth-order valence-corrected chi connectivity index (χ4v) is 8.08. The van der Waals surface area contributed by atoms with Crippen LogP contribution in [0.3, 0.4) is 0 Å². The van der Waals surface area contributed by atoms with Gasteiger partial charge in [-0.15, -0.1) is 0 Å². The van der Waals surface area contributed by atoms with Crippen molar-refractivity contribution in [2.24, 2.45) is 11.8 Å². The predicted molar refractivity (Wildman–Crippen MR) is 203 cm³/mol. The summed E-state index contributed by atoms with van der Waals surface area (Å²) in [5.74, 6) is -3.05. The van der Waals surface area contributed by atoms with Crippen molar-refractivity contribution < 1.29 is 38.9 Å². The van der Waals surface area contributed by atoms with Gasteiger partial charge in [0.15, 0.2) is 0 Å². The van der Waals surface area contributed by atoms with Gasteiger partial charge in [-0.1, -0.05) is 121 Å². The van der Waals surface area contributed by atoms with Gasteiger partial charge in [-0.25, -0.2) is 9.59 Å². The molecule has 4 aromatic carbocycles. The standard InChI is InChI=1S/2C22H21NO4/c2*24-21(25)18-11-5-6-12-20(18)23-22(26)27-13-19-16-9-3-1-7-14(16)15-8-2-4-10-17(15)19/h2*1-10,18-20H,11-13H2,(H,23,26)(H,24,25)/t2*18-,20+/m10/s1. The number of carboxylic acids is 2. The van der Waals surface area contributed by atoms with Gasteiger partial charge >= 0.3 is 24.1 Å². The number of carbonyl (C=O) groups is 4. The smallest absolute Gasteiger partial charge is 0.407 e. The van der Waals surface area contributed by atoms with E-state index in [1.54, 1.807) is 0 Å². The lowest BCUT2D eigenvalue weighted by Crippen LogP contribution is -2.44. The van der Waals surface area contributed by atoms with Gasteiger partial charge in [0.25, 0.3) is 0 Å². The molecule has 276 valence electrons. The van der Waals surface area contributed by atoms with E-state index >= 15 is 0 Å². The normalized spacial score (nSPS) is 20.6. The Hall–Kier alpha value is -6.16. The Kier molecular flexibility index (Phi) is 10.9. The summed E-state index contributed by atoms with van der Waals surface area (Å²) in [7, 11) is 0. The van der Waals surface area contributed by atoms with Gasteiger partial charge in [-0.3, -0.25) is 9.59 Å². The highest BCUT2D eigenvalue weighted by Crippen LogP contribution is 2.45. The highest BCUT2D eigenvalue weighted by atomic mass is 16.6. The molecule has 4 N–H and O–H groups in total. The summed E-state index contributed by atoms with van der Waals surface area (Å²) in [6, 6.07) is 31.7. The molecule has 4 atom stereocenters. The van der Waals surface area contributed by atoms with Gasteiger partial charge in [0.05, 0.1) is 11.8 Å². The number of nitrogens with one attached hydrogen (secondary N) is 2. The summed E-state index contributed by atoms with van der Waals surface area (Å²) < 4.78 is 11.0. The predicted octanol–water partition coefficient (Wildman–Crippen LogP) is 7.89. The molecule has 0 bridgehead atoms. The number of carbonyl (C=O) groups excluding carboxylic acids is 2. The van der Waals surface area contributed by atoms with E-state index in [9.17, 15) is 29.4 Å². The molecule has 4 aliphatic carbocycles. The Bertz CT molecular complexity index is 1870. The van der Waals surface area contributed by atoms with Crippen LogP contribution in [0, 0.1) is 11.8 Å². The van der Waals surface area contributed by atoms with Crippen LogP contribution in [0.5, 0.6) is 0 Å². The van der Waals surface area contributed by atoms with Gasteiger partial charge < -0.3 is 30.3 Å². The van der Waals surface area contributed by atoms with E-state index in [1.807, 2.05) is 72.8 Å². The number of hydrogen-bond donors (Lipinski definition) is 4. The summed E-state index contributed by atoms with van der Waals surface area (Å²) in [5.41, 5.74) is 9.28. The molecule has 0 radical (unpaired) electrons. The number of alkyl carbamates (subject to hydrolysis) is 2. The van der Waals surface area contributed by atoms with E-state index in [1.165, 1.54) is 22.3 Å². The highest BCUT2D eigenvalue weighted by molar-refractivity contribution is 5.80. The molecule has 54 heavy (non-hydrogen) atoms. The zero-order valence-electron chi connectivity index (χ0n) is 29.6. The quantitative estimate of drug-likeness (QED) is 0.134. The van der Waals surface area contributed by atoms with Crippen molar-refractivity contribution in [1.82, 2.24) is 10.6 Å². The first-order valence-corrected chi connectivity index (χ1v) is 18.3. The molecule has 0 unspecified atom stereocenters. The SMILES string of the molecule is O=C(N[C@@H]1CC=CC[C@@H]1C(=O)O)OCC1c2ccccc2-c2ccccc21.O=C(N[C@H]1CC=CC[C@H]1C(=O)O)OCC1c2ccccc2-c2ccccc21. The number of amides is 2. The van der Waals surface area contributed by atoms with Crippen LogP contribution in [-0.4, -0.2) is 59.6 Å². The summed E-state index contributed by atoms with van der Waals surface area (Å²) in [6.45, 7) is 0.445. The molecule has 0 spiro atoms. The van der Waals surface area contributed by atoms with E-state index in [-0.39, 0.29) is 25.0 Å². The van der Waals surface area contributed by atoms with Crippen molar-refractivity contribution in [2.45, 2.75) is 49.6 Å². The number of fused-ring (bicyclic) bond motifs is 6. The molecule has 4 aliphatic rings. The minimum absolute atomic E-state index is 0.00956. The Morgan fingerprint density at radius 2 is 0.778 bits per heavy atom. The van der Waals surface area contributed by atoms with E-state index in [0.29, 0.717) is 25.7 Å². The van der Waals surface area contributed by atoms with E-state index < -0.39 is 48.0 Å². The molecule has 0 heterocycles. The molecule has 4 aromatic rings. The van der Waals surface area contributed by atoms with Gasteiger partial charge in [0.1, 0.15) is 13.2 Å². The molecule has 0 aromatic heterocycles. The lowest BCUT2D eigenvalue weighted by molar-refractivity contribution is -0.143.